The van der Waals surface area contributed by atoms with Crippen molar-refractivity contribution in [2.45, 2.75) is 381 Å². The van der Waals surface area contributed by atoms with Gasteiger partial charge >= 0.3 is 0 Å². The first-order valence-electron chi connectivity index (χ1n) is 34.3. The third-order valence-corrected chi connectivity index (χ3v) is 17.7. The van der Waals surface area contributed by atoms with E-state index in [-0.39, 0.29) is 18.9 Å². The molecule has 19 heteroatoms. The summed E-state index contributed by atoms with van der Waals surface area (Å²) in [5, 5.41) is 120. The number of ether oxygens (including phenoxy) is 6. The number of rotatable bonds is 53. The fourth-order valence-corrected chi connectivity index (χ4v) is 12.1. The molecule has 498 valence electrons. The Morgan fingerprint density at radius 3 is 1.04 bits per heavy atom. The molecule has 0 aromatic heterocycles. The van der Waals surface area contributed by atoms with Crippen LogP contribution in [0, 0.1) is 0 Å². The summed E-state index contributed by atoms with van der Waals surface area (Å²) in [4.78, 5) is 13.2. The van der Waals surface area contributed by atoms with Gasteiger partial charge in [-0.3, -0.25) is 4.79 Å². The van der Waals surface area contributed by atoms with Crippen LogP contribution >= 0.6 is 0 Å². The molecule has 3 rings (SSSR count). The summed E-state index contributed by atoms with van der Waals surface area (Å²) < 4.78 is 34.1. The predicted molar refractivity (Wildman–Crippen MR) is 324 cm³/mol. The van der Waals surface area contributed by atoms with Crippen molar-refractivity contribution >= 4 is 5.91 Å². The molecular formula is C65H125NO18. The second-order valence-electron chi connectivity index (χ2n) is 25.0. The third kappa shape index (κ3) is 31.0. The van der Waals surface area contributed by atoms with Gasteiger partial charge in [0.15, 0.2) is 18.9 Å². The Morgan fingerprint density at radius 2 is 0.679 bits per heavy atom. The van der Waals surface area contributed by atoms with Gasteiger partial charge in [-0.2, -0.15) is 0 Å². The molecule has 84 heavy (non-hydrogen) atoms. The summed E-state index contributed by atoms with van der Waals surface area (Å²) in [6.45, 7) is 1.68. The van der Waals surface area contributed by atoms with E-state index in [9.17, 15) is 61.0 Å². The summed E-state index contributed by atoms with van der Waals surface area (Å²) >= 11 is 0. The topological polar surface area (TPSA) is 307 Å². The van der Waals surface area contributed by atoms with E-state index >= 15 is 0 Å². The highest BCUT2D eigenvalue weighted by Crippen LogP contribution is 2.33. The number of aliphatic hydroxyl groups is 11. The van der Waals surface area contributed by atoms with Crippen LogP contribution in [0.4, 0.5) is 0 Å². The lowest BCUT2D eigenvalue weighted by Gasteiger charge is -2.48. The molecule has 0 aliphatic carbocycles. The van der Waals surface area contributed by atoms with E-state index in [1.54, 1.807) is 0 Å². The van der Waals surface area contributed by atoms with Crippen LogP contribution in [0.25, 0.3) is 0 Å². The number of aliphatic hydroxyl groups excluding tert-OH is 11. The number of carbonyl (C=O) groups excluding carboxylic acids is 1. The molecule has 12 N–H and O–H groups in total. The largest absolute Gasteiger partial charge is 0.394 e. The minimum absolute atomic E-state index is 0.246. The predicted octanol–water partition coefficient (Wildman–Crippen LogP) is 8.33. The van der Waals surface area contributed by atoms with Gasteiger partial charge in [-0.25, -0.2) is 0 Å². The Balaban J connectivity index is 1.22. The smallest absolute Gasteiger partial charge is 0.220 e. The SMILES string of the molecule is CCCCCCCCCCCCCCCCCCCCCCCCCCCCCCCCCCCCCC(=O)NC(COC1OC(CO)C(OC2OC(CO)C(OC3OC(CO)C(O)C(O)C3O)C(O)C2O)C(O)C1O)C(O)CCCCCC. The van der Waals surface area contributed by atoms with E-state index in [0.717, 1.165) is 44.9 Å². The number of hydrogen-bond donors (Lipinski definition) is 12. The number of hydrogen-bond acceptors (Lipinski definition) is 18. The maximum atomic E-state index is 13.2. The molecule has 3 fully saturated rings. The number of nitrogens with one attached hydrogen (secondary N) is 1. The van der Waals surface area contributed by atoms with Gasteiger partial charge in [0.2, 0.25) is 5.91 Å². The molecule has 17 unspecified atom stereocenters. The molecule has 3 aliphatic heterocycles. The van der Waals surface area contributed by atoms with Gasteiger partial charge in [0, 0.05) is 6.42 Å². The monoisotopic (exact) mass is 1210 g/mol. The Morgan fingerprint density at radius 1 is 0.381 bits per heavy atom. The Labute approximate surface area is 506 Å². The maximum absolute atomic E-state index is 13.2. The van der Waals surface area contributed by atoms with E-state index < -0.39 is 124 Å². The van der Waals surface area contributed by atoms with E-state index in [4.69, 9.17) is 28.4 Å². The van der Waals surface area contributed by atoms with Crippen LogP contribution < -0.4 is 5.32 Å². The van der Waals surface area contributed by atoms with Gasteiger partial charge in [0.1, 0.15) is 73.2 Å². The summed E-state index contributed by atoms with van der Waals surface area (Å²) in [6.07, 6.45) is 24.9. The zero-order chi connectivity index (χ0) is 61.2. The van der Waals surface area contributed by atoms with Gasteiger partial charge in [-0.15, -0.1) is 0 Å². The highest BCUT2D eigenvalue weighted by atomic mass is 16.8. The highest BCUT2D eigenvalue weighted by Gasteiger charge is 2.53. The second kappa shape index (κ2) is 48.6. The standard InChI is InChI=1S/C65H125NO18/c1-3-5-7-9-10-11-12-13-14-15-16-17-18-19-20-21-22-23-24-25-26-27-28-29-30-31-32-33-34-35-36-37-38-39-41-43-53(71)66-48(49(70)42-40-8-6-4-2)47-79-63-59(77)56(74)61(51(45-68)81-63)84-65-60(78)57(75)62(52(46-69)82-65)83-64-58(76)55(73)54(72)50(44-67)80-64/h48-52,54-65,67-70,72-78H,3-47H2,1-2H3,(H,66,71). The van der Waals surface area contributed by atoms with Crippen LogP contribution in [0.5, 0.6) is 0 Å². The molecule has 1 amide bonds. The molecule has 3 aliphatic rings. The molecule has 19 nitrogen and oxygen atoms in total. The summed E-state index contributed by atoms with van der Waals surface area (Å²) in [5.74, 6) is -0.246. The summed E-state index contributed by atoms with van der Waals surface area (Å²) in [7, 11) is 0. The van der Waals surface area contributed by atoms with E-state index in [1.807, 2.05) is 0 Å². The van der Waals surface area contributed by atoms with E-state index in [0.29, 0.717) is 12.8 Å². The molecule has 0 bridgehead atoms. The molecule has 0 aromatic rings. The highest BCUT2D eigenvalue weighted by molar-refractivity contribution is 5.76. The van der Waals surface area contributed by atoms with Gasteiger partial charge in [-0.1, -0.05) is 258 Å². The van der Waals surface area contributed by atoms with Crippen molar-refractivity contribution in [3.05, 3.63) is 0 Å². The Kier molecular flexibility index (Phi) is 44.6. The van der Waals surface area contributed by atoms with Crippen molar-refractivity contribution in [1.82, 2.24) is 5.32 Å². The third-order valence-electron chi connectivity index (χ3n) is 17.7. The lowest BCUT2D eigenvalue weighted by Crippen LogP contribution is -2.66. The van der Waals surface area contributed by atoms with Gasteiger partial charge < -0.3 is 89.9 Å². The molecule has 0 aromatic carbocycles. The number of unbranched alkanes of at least 4 members (excludes halogenated alkanes) is 37. The van der Waals surface area contributed by atoms with Crippen molar-refractivity contribution in [3.63, 3.8) is 0 Å². The number of carbonyl (C=O) groups is 1. The fourth-order valence-electron chi connectivity index (χ4n) is 12.1. The molecule has 3 heterocycles. The quantitative estimate of drug-likeness (QED) is 0.0255. The van der Waals surface area contributed by atoms with Gasteiger partial charge in [0.05, 0.1) is 38.6 Å². The minimum Gasteiger partial charge on any atom is -0.394 e. The Hall–Kier alpha value is -1.21. The van der Waals surface area contributed by atoms with E-state index in [2.05, 4.69) is 19.2 Å². The average Bonchev–Trinajstić information content (AvgIpc) is 3.52. The van der Waals surface area contributed by atoms with Crippen LogP contribution in [-0.2, 0) is 33.2 Å². The molecular weight excluding hydrogens is 1080 g/mol. The van der Waals surface area contributed by atoms with Crippen molar-refractivity contribution in [2.24, 2.45) is 0 Å². The van der Waals surface area contributed by atoms with Gasteiger partial charge in [-0.05, 0) is 12.8 Å². The first-order chi connectivity index (χ1) is 40.8. The number of amides is 1. The maximum Gasteiger partial charge on any atom is 0.220 e. The van der Waals surface area contributed by atoms with Crippen LogP contribution in [0.3, 0.4) is 0 Å². The van der Waals surface area contributed by atoms with Gasteiger partial charge in [0.25, 0.3) is 0 Å². The average molecular weight is 1210 g/mol. The zero-order valence-electron chi connectivity index (χ0n) is 52.4. The van der Waals surface area contributed by atoms with E-state index in [1.165, 1.54) is 199 Å². The normalized spacial score (nSPS) is 29.1. The van der Waals surface area contributed by atoms with Crippen LogP contribution in [-0.4, -0.2) is 193 Å². The van der Waals surface area contributed by atoms with Crippen molar-refractivity contribution in [2.75, 3.05) is 26.4 Å². The van der Waals surface area contributed by atoms with Crippen molar-refractivity contribution < 1.29 is 89.4 Å². The molecule has 0 spiro atoms. The van der Waals surface area contributed by atoms with Crippen LogP contribution in [0.2, 0.25) is 0 Å². The molecule has 0 radical (unpaired) electrons. The van der Waals surface area contributed by atoms with Crippen LogP contribution in [0.15, 0.2) is 0 Å². The zero-order valence-corrected chi connectivity index (χ0v) is 52.4. The first kappa shape index (κ1) is 77.0. The molecule has 0 saturated carbocycles. The first-order valence-corrected chi connectivity index (χ1v) is 34.3. The van der Waals surface area contributed by atoms with Crippen molar-refractivity contribution in [1.29, 1.82) is 0 Å². The molecule has 17 atom stereocenters. The van der Waals surface area contributed by atoms with Crippen LogP contribution in [0.1, 0.15) is 277 Å². The lowest BCUT2D eigenvalue weighted by molar-refractivity contribution is -0.379. The Bertz CT molecular complexity index is 1540. The summed E-state index contributed by atoms with van der Waals surface area (Å²) in [5.41, 5.74) is 0. The second-order valence-corrected chi connectivity index (χ2v) is 25.0. The minimum atomic E-state index is -1.97. The lowest BCUT2D eigenvalue weighted by atomic mass is 9.96. The van der Waals surface area contributed by atoms with Crippen molar-refractivity contribution in [3.8, 4) is 0 Å². The summed E-state index contributed by atoms with van der Waals surface area (Å²) in [6, 6.07) is -0.877. The molecule has 3 saturated heterocycles. The fraction of sp³-hybridized carbons (Fsp3) is 0.985.